The van der Waals surface area contributed by atoms with Crippen LogP contribution in [0.15, 0.2) is 36.7 Å². The van der Waals surface area contributed by atoms with Gasteiger partial charge in [-0.25, -0.2) is 22.8 Å². The molecule has 24 heavy (non-hydrogen) atoms. The van der Waals surface area contributed by atoms with Crippen LogP contribution in [-0.4, -0.2) is 41.8 Å². The zero-order valence-corrected chi connectivity index (χ0v) is 13.4. The van der Waals surface area contributed by atoms with Gasteiger partial charge in [-0.3, -0.25) is 4.79 Å². The first-order valence-electron chi connectivity index (χ1n) is 7.27. The highest BCUT2D eigenvalue weighted by atomic mass is 32.2. The van der Waals surface area contributed by atoms with Gasteiger partial charge in [0.25, 0.3) is 5.91 Å². The van der Waals surface area contributed by atoms with Crippen molar-refractivity contribution in [3.63, 3.8) is 0 Å². The van der Waals surface area contributed by atoms with Crippen molar-refractivity contribution in [2.75, 3.05) is 22.1 Å². The maximum absolute atomic E-state index is 13.1. The van der Waals surface area contributed by atoms with E-state index in [0.29, 0.717) is 12.1 Å². The van der Waals surface area contributed by atoms with E-state index in [1.165, 1.54) is 30.6 Å². The number of hydrogen-bond acceptors (Lipinski definition) is 6. The van der Waals surface area contributed by atoms with Gasteiger partial charge in [0, 0.05) is 24.1 Å². The van der Waals surface area contributed by atoms with Crippen LogP contribution in [0.5, 0.6) is 0 Å². The van der Waals surface area contributed by atoms with E-state index in [-0.39, 0.29) is 29.1 Å². The van der Waals surface area contributed by atoms with Crippen molar-refractivity contribution < 1.29 is 17.6 Å². The SMILES string of the molecule is O=C(Nc1cccc(F)c1)c1cnc(NC2CCS(=O)(=O)C2)nc1. The van der Waals surface area contributed by atoms with E-state index in [2.05, 4.69) is 20.6 Å². The van der Waals surface area contributed by atoms with E-state index in [9.17, 15) is 17.6 Å². The van der Waals surface area contributed by atoms with Crippen LogP contribution in [0.4, 0.5) is 16.0 Å². The molecule has 3 rings (SSSR count). The summed E-state index contributed by atoms with van der Waals surface area (Å²) in [4.78, 5) is 20.1. The predicted octanol–water partition coefficient (Wildman–Crippen LogP) is 1.47. The van der Waals surface area contributed by atoms with Gasteiger partial charge in [0.2, 0.25) is 5.95 Å². The van der Waals surface area contributed by atoms with Crippen molar-refractivity contribution in [1.29, 1.82) is 0 Å². The largest absolute Gasteiger partial charge is 0.350 e. The number of rotatable bonds is 4. The topological polar surface area (TPSA) is 101 Å². The van der Waals surface area contributed by atoms with Crippen molar-refractivity contribution in [1.82, 2.24) is 9.97 Å². The first kappa shape index (κ1) is 16.3. The van der Waals surface area contributed by atoms with Crippen molar-refractivity contribution in [2.45, 2.75) is 12.5 Å². The summed E-state index contributed by atoms with van der Waals surface area (Å²) in [5.74, 6) is -0.443. The van der Waals surface area contributed by atoms with Gasteiger partial charge in [-0.05, 0) is 24.6 Å². The maximum Gasteiger partial charge on any atom is 0.258 e. The molecule has 1 fully saturated rings. The fourth-order valence-corrected chi connectivity index (χ4v) is 4.05. The lowest BCUT2D eigenvalue weighted by Crippen LogP contribution is -2.22. The van der Waals surface area contributed by atoms with E-state index >= 15 is 0 Å². The van der Waals surface area contributed by atoms with Crippen LogP contribution in [0, 0.1) is 5.82 Å². The van der Waals surface area contributed by atoms with Gasteiger partial charge in [-0.1, -0.05) is 6.07 Å². The Bertz CT molecular complexity index is 855. The van der Waals surface area contributed by atoms with Crippen LogP contribution in [-0.2, 0) is 9.84 Å². The number of amides is 1. The number of sulfone groups is 1. The Kier molecular flexibility index (Phi) is 4.43. The number of anilines is 2. The van der Waals surface area contributed by atoms with E-state index < -0.39 is 21.6 Å². The third kappa shape index (κ3) is 4.05. The molecule has 2 aromatic rings. The van der Waals surface area contributed by atoms with Crippen LogP contribution in [0.25, 0.3) is 0 Å². The Morgan fingerprint density at radius 1 is 1.25 bits per heavy atom. The van der Waals surface area contributed by atoms with Gasteiger partial charge in [0.05, 0.1) is 17.1 Å². The molecule has 1 aliphatic rings. The van der Waals surface area contributed by atoms with Gasteiger partial charge >= 0.3 is 0 Å². The number of carbonyl (C=O) groups is 1. The molecule has 7 nitrogen and oxygen atoms in total. The Morgan fingerprint density at radius 3 is 2.62 bits per heavy atom. The minimum Gasteiger partial charge on any atom is -0.350 e. The van der Waals surface area contributed by atoms with Gasteiger partial charge in [0.1, 0.15) is 5.82 Å². The molecule has 1 atom stereocenters. The summed E-state index contributed by atoms with van der Waals surface area (Å²) in [6.45, 7) is 0. The molecule has 9 heteroatoms. The molecule has 2 heterocycles. The molecule has 2 N–H and O–H groups in total. The third-order valence-corrected chi connectivity index (χ3v) is 5.33. The van der Waals surface area contributed by atoms with Gasteiger partial charge in [0.15, 0.2) is 9.84 Å². The number of hydrogen-bond donors (Lipinski definition) is 2. The molecular formula is C15H15FN4O3S. The summed E-state index contributed by atoms with van der Waals surface area (Å²) >= 11 is 0. The van der Waals surface area contributed by atoms with Crippen LogP contribution in [0.2, 0.25) is 0 Å². The summed E-state index contributed by atoms with van der Waals surface area (Å²) in [7, 11) is -2.99. The Balaban J connectivity index is 1.62. The highest BCUT2D eigenvalue weighted by molar-refractivity contribution is 7.91. The molecule has 1 amide bonds. The standard InChI is InChI=1S/C15H15FN4O3S/c16-11-2-1-3-12(6-11)19-14(21)10-7-17-15(18-8-10)20-13-4-5-24(22,23)9-13/h1-3,6-8,13H,4-5,9H2,(H,19,21)(H,17,18,20). The number of aromatic nitrogens is 2. The zero-order valence-electron chi connectivity index (χ0n) is 12.6. The normalized spacial score (nSPS) is 19.0. The van der Waals surface area contributed by atoms with Crippen molar-refractivity contribution >= 4 is 27.4 Å². The molecule has 1 aromatic carbocycles. The number of benzene rings is 1. The molecule has 1 unspecified atom stereocenters. The monoisotopic (exact) mass is 350 g/mol. The maximum atomic E-state index is 13.1. The summed E-state index contributed by atoms with van der Waals surface area (Å²) in [6.07, 6.45) is 3.16. The molecule has 0 bridgehead atoms. The highest BCUT2D eigenvalue weighted by Crippen LogP contribution is 2.15. The van der Waals surface area contributed by atoms with Crippen LogP contribution < -0.4 is 10.6 Å². The molecule has 1 aliphatic heterocycles. The second kappa shape index (κ2) is 6.52. The lowest BCUT2D eigenvalue weighted by molar-refractivity contribution is 0.102. The Labute approximate surface area is 138 Å². The van der Waals surface area contributed by atoms with Crippen LogP contribution in [0.1, 0.15) is 16.8 Å². The van der Waals surface area contributed by atoms with Gasteiger partial charge in [-0.15, -0.1) is 0 Å². The second-order valence-electron chi connectivity index (χ2n) is 5.50. The van der Waals surface area contributed by atoms with Crippen molar-refractivity contribution in [3.8, 4) is 0 Å². The molecule has 0 spiro atoms. The first-order valence-corrected chi connectivity index (χ1v) is 9.09. The summed E-state index contributed by atoms with van der Waals surface area (Å²) in [6, 6.07) is 5.32. The highest BCUT2D eigenvalue weighted by Gasteiger charge is 2.28. The lowest BCUT2D eigenvalue weighted by Gasteiger charge is -2.10. The number of carbonyl (C=O) groups excluding carboxylic acids is 1. The zero-order chi connectivity index (χ0) is 17.2. The van der Waals surface area contributed by atoms with Gasteiger partial charge < -0.3 is 10.6 Å². The molecule has 0 radical (unpaired) electrons. The van der Waals surface area contributed by atoms with Crippen LogP contribution in [0.3, 0.4) is 0 Å². The molecule has 126 valence electrons. The predicted molar refractivity (Wildman–Crippen MR) is 87.1 cm³/mol. The van der Waals surface area contributed by atoms with Crippen molar-refractivity contribution in [2.24, 2.45) is 0 Å². The van der Waals surface area contributed by atoms with E-state index in [1.54, 1.807) is 6.07 Å². The fourth-order valence-electron chi connectivity index (χ4n) is 2.38. The minimum absolute atomic E-state index is 0.0537. The number of nitrogens with one attached hydrogen (secondary N) is 2. The van der Waals surface area contributed by atoms with Gasteiger partial charge in [-0.2, -0.15) is 0 Å². The average Bonchev–Trinajstić information content (AvgIpc) is 2.87. The van der Waals surface area contributed by atoms with E-state index in [4.69, 9.17) is 0 Å². The lowest BCUT2D eigenvalue weighted by atomic mass is 10.2. The second-order valence-corrected chi connectivity index (χ2v) is 7.73. The Hall–Kier alpha value is -2.55. The average molecular weight is 350 g/mol. The van der Waals surface area contributed by atoms with Crippen molar-refractivity contribution in [3.05, 3.63) is 48.0 Å². The summed E-state index contributed by atoms with van der Waals surface area (Å²) < 4.78 is 35.9. The van der Waals surface area contributed by atoms with Crippen LogP contribution >= 0.6 is 0 Å². The molecule has 1 aromatic heterocycles. The minimum atomic E-state index is -2.99. The third-order valence-electron chi connectivity index (χ3n) is 3.56. The quantitative estimate of drug-likeness (QED) is 0.866. The smallest absolute Gasteiger partial charge is 0.258 e. The number of nitrogens with zero attached hydrogens (tertiary/aromatic N) is 2. The molecule has 1 saturated heterocycles. The van der Waals surface area contributed by atoms with E-state index in [0.717, 1.165) is 0 Å². The summed E-state index contributed by atoms with van der Waals surface area (Å²) in [5, 5.41) is 5.48. The van der Waals surface area contributed by atoms with E-state index in [1.807, 2.05) is 0 Å². The summed E-state index contributed by atoms with van der Waals surface area (Å²) in [5.41, 5.74) is 0.544. The molecule has 0 saturated carbocycles. The molecular weight excluding hydrogens is 335 g/mol. The number of halogens is 1. The molecule has 0 aliphatic carbocycles. The first-order chi connectivity index (χ1) is 11.4. The fraction of sp³-hybridized carbons (Fsp3) is 0.267. The Morgan fingerprint density at radius 2 is 2.00 bits per heavy atom.